The largest absolute Gasteiger partial charge is 0.454 e. The summed E-state index contributed by atoms with van der Waals surface area (Å²) in [6.07, 6.45) is 1.53. The molecule has 0 unspecified atom stereocenters. The van der Waals surface area contributed by atoms with Gasteiger partial charge < -0.3 is 14.7 Å². The van der Waals surface area contributed by atoms with Crippen LogP contribution in [0.15, 0.2) is 84.4 Å². The zero-order valence-electron chi connectivity index (χ0n) is 19.0. The summed E-state index contributed by atoms with van der Waals surface area (Å²) in [7, 11) is 0. The number of aromatic nitrogens is 4. The highest BCUT2D eigenvalue weighted by atomic mass is 32.1. The van der Waals surface area contributed by atoms with E-state index in [1.165, 1.54) is 18.3 Å². The molecule has 37 heavy (non-hydrogen) atoms. The Morgan fingerprint density at radius 3 is 2.70 bits per heavy atom. The first-order valence-corrected chi connectivity index (χ1v) is 12.3. The van der Waals surface area contributed by atoms with Crippen LogP contribution in [0, 0.1) is 11.6 Å². The Morgan fingerprint density at radius 2 is 1.84 bits per heavy atom. The Labute approximate surface area is 211 Å². The summed E-state index contributed by atoms with van der Waals surface area (Å²) >= 11 is 1.65. The molecule has 9 heteroatoms. The number of hydrogen-bond donors (Lipinski definition) is 2. The normalized spacial score (nSPS) is 11.6. The van der Waals surface area contributed by atoms with Gasteiger partial charge >= 0.3 is 0 Å². The number of halogens is 2. The number of nitrogens with one attached hydrogen (secondary N) is 2. The lowest BCUT2D eigenvalue weighted by Gasteiger charge is -2.07. The number of carbonyl (C=O) groups is 1. The van der Waals surface area contributed by atoms with Crippen LogP contribution in [-0.2, 0) is 0 Å². The SMILES string of the molecule is O=C(c1cc2c(-c3cccs3)cccc2[nH]1)c1cnn2c1[nH]c1cc(Oc3cccc(F)c3F)ccc12. The summed E-state index contributed by atoms with van der Waals surface area (Å²) in [5, 5.41) is 7.40. The summed E-state index contributed by atoms with van der Waals surface area (Å²) in [5.74, 6) is -2.15. The number of thiophene rings is 1. The fourth-order valence-corrected chi connectivity index (χ4v) is 5.33. The number of ether oxygens (including phenoxy) is 1. The molecule has 0 saturated heterocycles. The van der Waals surface area contributed by atoms with E-state index in [0.717, 1.165) is 27.4 Å². The van der Waals surface area contributed by atoms with Crippen molar-refractivity contribution in [3.8, 4) is 21.9 Å². The maximum Gasteiger partial charge on any atom is 0.214 e. The number of rotatable bonds is 5. The molecule has 0 bridgehead atoms. The van der Waals surface area contributed by atoms with Gasteiger partial charge in [0.15, 0.2) is 11.6 Å². The zero-order chi connectivity index (χ0) is 25.1. The van der Waals surface area contributed by atoms with Crippen LogP contribution in [0.2, 0.25) is 0 Å². The predicted molar refractivity (Wildman–Crippen MR) is 139 cm³/mol. The van der Waals surface area contributed by atoms with Gasteiger partial charge in [0, 0.05) is 27.4 Å². The van der Waals surface area contributed by atoms with Crippen LogP contribution >= 0.6 is 11.3 Å². The van der Waals surface area contributed by atoms with Crippen molar-refractivity contribution in [2.45, 2.75) is 0 Å². The summed E-state index contributed by atoms with van der Waals surface area (Å²) in [6, 6.07) is 20.7. The van der Waals surface area contributed by atoms with Crippen LogP contribution in [0.4, 0.5) is 8.78 Å². The van der Waals surface area contributed by atoms with E-state index in [1.807, 2.05) is 35.7 Å². The van der Waals surface area contributed by atoms with Crippen molar-refractivity contribution in [1.82, 2.24) is 19.6 Å². The number of ketones is 1. The maximum absolute atomic E-state index is 14.0. The second-order valence-corrected chi connectivity index (χ2v) is 9.48. The van der Waals surface area contributed by atoms with Crippen molar-refractivity contribution in [3.63, 3.8) is 0 Å². The molecule has 7 rings (SSSR count). The maximum atomic E-state index is 14.0. The minimum atomic E-state index is -1.06. The fraction of sp³-hybridized carbons (Fsp3) is 0. The van der Waals surface area contributed by atoms with Crippen LogP contribution in [-0.4, -0.2) is 25.4 Å². The topological polar surface area (TPSA) is 75.2 Å². The van der Waals surface area contributed by atoms with Gasteiger partial charge in [-0.25, -0.2) is 8.91 Å². The predicted octanol–water partition coefficient (Wildman–Crippen LogP) is 7.33. The van der Waals surface area contributed by atoms with Gasteiger partial charge in [0.2, 0.25) is 11.6 Å². The minimum absolute atomic E-state index is 0.201. The molecule has 0 aliphatic heterocycles. The average molecular weight is 511 g/mol. The molecule has 0 aliphatic carbocycles. The standard InChI is InChI=1S/C28H16F2N4O2S/c29-19-5-2-7-24(26(19)30)36-15-9-10-23-21(12-15)33-28-18(14-31-34(23)28)27(35)22-13-17-16(25-8-3-11-37-25)4-1-6-20(17)32-22/h1-14,32-33H. The molecular weight excluding hydrogens is 494 g/mol. The van der Waals surface area contributed by atoms with Crippen LogP contribution in [0.5, 0.6) is 11.5 Å². The Bertz CT molecular complexity index is 1970. The molecule has 2 N–H and O–H groups in total. The fourth-order valence-electron chi connectivity index (χ4n) is 4.57. The highest BCUT2D eigenvalue weighted by molar-refractivity contribution is 7.13. The number of aromatic amines is 2. The van der Waals surface area contributed by atoms with Gasteiger partial charge in [-0.3, -0.25) is 4.79 Å². The minimum Gasteiger partial charge on any atom is -0.454 e. The molecule has 3 aromatic carbocycles. The number of imidazole rings is 1. The molecule has 0 spiro atoms. The van der Waals surface area contributed by atoms with Crippen molar-refractivity contribution in [2.24, 2.45) is 0 Å². The number of benzene rings is 3. The third-order valence-electron chi connectivity index (χ3n) is 6.30. The second-order valence-electron chi connectivity index (χ2n) is 8.53. The smallest absolute Gasteiger partial charge is 0.214 e. The lowest BCUT2D eigenvalue weighted by atomic mass is 10.1. The van der Waals surface area contributed by atoms with Crippen LogP contribution in [0.3, 0.4) is 0 Å². The monoisotopic (exact) mass is 510 g/mol. The molecule has 4 aromatic heterocycles. The van der Waals surface area contributed by atoms with Crippen molar-refractivity contribution < 1.29 is 18.3 Å². The Kier molecular flexibility index (Phi) is 4.73. The summed E-state index contributed by atoms with van der Waals surface area (Å²) < 4.78 is 34.8. The van der Waals surface area contributed by atoms with Crippen LogP contribution < -0.4 is 4.74 Å². The third kappa shape index (κ3) is 3.43. The number of H-pyrrole nitrogens is 2. The molecule has 0 aliphatic rings. The van der Waals surface area contributed by atoms with Crippen LogP contribution in [0.25, 0.3) is 38.0 Å². The summed E-state index contributed by atoms with van der Waals surface area (Å²) in [5.41, 5.74) is 4.65. The Balaban J connectivity index is 1.27. The summed E-state index contributed by atoms with van der Waals surface area (Å²) in [4.78, 5) is 21.1. The van der Waals surface area contributed by atoms with Crippen LogP contribution in [0.1, 0.15) is 16.1 Å². The van der Waals surface area contributed by atoms with Gasteiger partial charge in [-0.15, -0.1) is 11.3 Å². The third-order valence-corrected chi connectivity index (χ3v) is 7.21. The molecule has 0 atom stereocenters. The molecule has 7 aromatic rings. The van der Waals surface area contributed by atoms with Gasteiger partial charge in [0.25, 0.3) is 0 Å². The second kappa shape index (κ2) is 8.14. The van der Waals surface area contributed by atoms with E-state index < -0.39 is 11.6 Å². The van der Waals surface area contributed by atoms with E-state index in [-0.39, 0.29) is 11.5 Å². The highest BCUT2D eigenvalue weighted by Crippen LogP contribution is 2.33. The van der Waals surface area contributed by atoms with E-state index in [9.17, 15) is 13.6 Å². The van der Waals surface area contributed by atoms with E-state index >= 15 is 0 Å². The van der Waals surface area contributed by atoms with Gasteiger partial charge in [0.1, 0.15) is 11.4 Å². The van der Waals surface area contributed by atoms with Crippen molar-refractivity contribution in [3.05, 3.63) is 107 Å². The van der Waals surface area contributed by atoms with E-state index in [1.54, 1.807) is 34.1 Å². The Hall–Kier alpha value is -4.76. The zero-order valence-corrected chi connectivity index (χ0v) is 19.8. The molecule has 180 valence electrons. The van der Waals surface area contributed by atoms with Crippen molar-refractivity contribution >= 4 is 44.7 Å². The van der Waals surface area contributed by atoms with Gasteiger partial charge in [-0.05, 0) is 47.8 Å². The Morgan fingerprint density at radius 1 is 0.946 bits per heavy atom. The first-order valence-electron chi connectivity index (χ1n) is 11.4. The van der Waals surface area contributed by atoms with Gasteiger partial charge in [-0.1, -0.05) is 24.3 Å². The quantitative estimate of drug-likeness (QED) is 0.238. The van der Waals surface area contributed by atoms with E-state index in [4.69, 9.17) is 4.74 Å². The number of nitrogens with zero attached hydrogens (tertiary/aromatic N) is 2. The van der Waals surface area contributed by atoms with Crippen molar-refractivity contribution in [2.75, 3.05) is 0 Å². The first-order chi connectivity index (χ1) is 18.1. The molecule has 4 heterocycles. The molecule has 0 saturated carbocycles. The van der Waals surface area contributed by atoms with Gasteiger partial charge in [0.05, 0.1) is 28.5 Å². The average Bonchev–Trinajstić information content (AvgIpc) is 3.69. The lowest BCUT2D eigenvalue weighted by Crippen LogP contribution is -2.01. The molecular formula is C28H16F2N4O2S. The number of hydrogen-bond acceptors (Lipinski definition) is 4. The van der Waals surface area contributed by atoms with Crippen molar-refractivity contribution in [1.29, 1.82) is 0 Å². The molecule has 0 amide bonds. The number of carbonyl (C=O) groups excluding carboxylic acids is 1. The van der Waals surface area contributed by atoms with E-state index in [2.05, 4.69) is 21.1 Å². The number of fused-ring (bicyclic) bond motifs is 4. The van der Waals surface area contributed by atoms with Gasteiger partial charge in [-0.2, -0.15) is 9.49 Å². The molecule has 6 nitrogen and oxygen atoms in total. The molecule has 0 fully saturated rings. The summed E-state index contributed by atoms with van der Waals surface area (Å²) in [6.45, 7) is 0. The molecule has 0 radical (unpaired) electrons. The highest BCUT2D eigenvalue weighted by Gasteiger charge is 2.21. The van der Waals surface area contributed by atoms with E-state index in [0.29, 0.717) is 33.7 Å². The first kappa shape index (κ1) is 21.5. The lowest BCUT2D eigenvalue weighted by molar-refractivity contribution is 0.103.